The van der Waals surface area contributed by atoms with Gasteiger partial charge in [-0.3, -0.25) is 9.59 Å². The predicted molar refractivity (Wildman–Crippen MR) is 122 cm³/mol. The molecule has 0 bridgehead atoms. The molecule has 3 aromatic carbocycles. The summed E-state index contributed by atoms with van der Waals surface area (Å²) in [4.78, 5) is 24.8. The molecule has 0 fully saturated rings. The molecule has 7 heteroatoms. The van der Waals surface area contributed by atoms with E-state index in [2.05, 4.69) is 26.6 Å². The average Bonchev–Trinajstić information content (AvgIpc) is 2.74. The average molecular weight is 485 g/mol. The van der Waals surface area contributed by atoms with Crippen LogP contribution in [-0.4, -0.2) is 17.9 Å². The van der Waals surface area contributed by atoms with E-state index < -0.39 is 11.9 Å². The Labute approximate surface area is 188 Å². The van der Waals surface area contributed by atoms with Gasteiger partial charge in [0.15, 0.2) is 6.10 Å². The summed E-state index contributed by atoms with van der Waals surface area (Å²) in [5, 5.41) is 5.66. The highest BCUT2D eigenvalue weighted by Gasteiger charge is 2.16. The molecule has 1 atom stereocenters. The van der Waals surface area contributed by atoms with Crippen LogP contribution in [0.2, 0.25) is 0 Å². The Hall–Kier alpha value is -3.19. The first-order valence-electron chi connectivity index (χ1n) is 9.68. The highest BCUT2D eigenvalue weighted by atomic mass is 79.9. The van der Waals surface area contributed by atoms with Crippen molar-refractivity contribution in [2.45, 2.75) is 26.5 Å². The quantitative estimate of drug-likeness (QED) is 0.482. The van der Waals surface area contributed by atoms with E-state index in [4.69, 9.17) is 4.74 Å². The van der Waals surface area contributed by atoms with Gasteiger partial charge in [-0.05, 0) is 77.8 Å². The van der Waals surface area contributed by atoms with Gasteiger partial charge in [-0.2, -0.15) is 0 Å². The third kappa shape index (κ3) is 6.39. The van der Waals surface area contributed by atoms with E-state index >= 15 is 0 Å². The lowest BCUT2D eigenvalue weighted by atomic mass is 10.1. The Balaban J connectivity index is 1.56. The summed E-state index contributed by atoms with van der Waals surface area (Å²) in [6, 6.07) is 18.6. The van der Waals surface area contributed by atoms with E-state index in [-0.39, 0.29) is 18.4 Å². The molecule has 0 spiro atoms. The number of anilines is 1. The third-order valence-electron chi connectivity index (χ3n) is 4.53. The van der Waals surface area contributed by atoms with Crippen LogP contribution < -0.4 is 15.4 Å². The predicted octanol–water partition coefficient (Wildman–Crippen LogP) is 5.23. The maximum Gasteiger partial charge on any atom is 0.261 e. The van der Waals surface area contributed by atoms with Crippen LogP contribution in [0, 0.1) is 12.7 Å². The summed E-state index contributed by atoms with van der Waals surface area (Å²) in [6.45, 7) is 3.85. The Kier molecular flexibility index (Phi) is 7.41. The van der Waals surface area contributed by atoms with Crippen molar-refractivity contribution in [2.75, 3.05) is 5.32 Å². The van der Waals surface area contributed by atoms with Crippen LogP contribution in [-0.2, 0) is 11.3 Å². The molecule has 3 aromatic rings. The van der Waals surface area contributed by atoms with Gasteiger partial charge in [0.1, 0.15) is 11.6 Å². The molecule has 31 heavy (non-hydrogen) atoms. The van der Waals surface area contributed by atoms with Gasteiger partial charge in [0.25, 0.3) is 11.8 Å². The zero-order valence-corrected chi connectivity index (χ0v) is 18.7. The Bertz CT molecular complexity index is 1090. The van der Waals surface area contributed by atoms with Crippen molar-refractivity contribution in [3.63, 3.8) is 0 Å². The summed E-state index contributed by atoms with van der Waals surface area (Å²) >= 11 is 3.22. The SMILES string of the molecule is Cc1ccc(C(=O)Nc2cccc(CNC(=O)C(C)Oc3ccc(F)cc3Br)c2)cc1. The minimum Gasteiger partial charge on any atom is -0.480 e. The molecule has 5 nitrogen and oxygen atoms in total. The Morgan fingerprint density at radius 3 is 2.52 bits per heavy atom. The summed E-state index contributed by atoms with van der Waals surface area (Å²) in [6.07, 6.45) is -0.772. The summed E-state index contributed by atoms with van der Waals surface area (Å²) in [7, 11) is 0. The molecule has 0 saturated heterocycles. The maximum absolute atomic E-state index is 13.2. The fourth-order valence-corrected chi connectivity index (χ4v) is 3.26. The van der Waals surface area contributed by atoms with Crippen LogP contribution in [0.15, 0.2) is 71.2 Å². The molecule has 0 saturated carbocycles. The summed E-state index contributed by atoms with van der Waals surface area (Å²) in [5.74, 6) is -0.533. The van der Waals surface area contributed by atoms with Crippen molar-refractivity contribution in [1.29, 1.82) is 0 Å². The monoisotopic (exact) mass is 484 g/mol. The van der Waals surface area contributed by atoms with Gasteiger partial charge in [0.2, 0.25) is 0 Å². The molecule has 2 N–H and O–H groups in total. The lowest BCUT2D eigenvalue weighted by Gasteiger charge is -2.16. The number of hydrogen-bond donors (Lipinski definition) is 2. The van der Waals surface area contributed by atoms with E-state index in [0.717, 1.165) is 11.1 Å². The van der Waals surface area contributed by atoms with E-state index in [0.29, 0.717) is 21.5 Å². The second-order valence-corrected chi connectivity index (χ2v) is 7.93. The van der Waals surface area contributed by atoms with Crippen LogP contribution in [0.5, 0.6) is 5.75 Å². The number of carbonyl (C=O) groups is 2. The van der Waals surface area contributed by atoms with Gasteiger partial charge in [0, 0.05) is 17.8 Å². The topological polar surface area (TPSA) is 67.4 Å². The first kappa shape index (κ1) is 22.5. The third-order valence-corrected chi connectivity index (χ3v) is 5.15. The zero-order chi connectivity index (χ0) is 22.4. The Morgan fingerprint density at radius 1 is 1.06 bits per heavy atom. The minimum atomic E-state index is -0.772. The van der Waals surface area contributed by atoms with E-state index in [1.54, 1.807) is 31.2 Å². The smallest absolute Gasteiger partial charge is 0.261 e. The molecule has 0 radical (unpaired) electrons. The Morgan fingerprint density at radius 2 is 1.81 bits per heavy atom. The number of carbonyl (C=O) groups excluding carboxylic acids is 2. The number of amides is 2. The van der Waals surface area contributed by atoms with Gasteiger partial charge in [-0.1, -0.05) is 29.8 Å². The van der Waals surface area contributed by atoms with Gasteiger partial charge in [-0.25, -0.2) is 4.39 Å². The van der Waals surface area contributed by atoms with Crippen molar-refractivity contribution >= 4 is 33.4 Å². The normalized spacial score (nSPS) is 11.5. The largest absolute Gasteiger partial charge is 0.480 e. The molecule has 0 aliphatic carbocycles. The number of aryl methyl sites for hydroxylation is 1. The lowest BCUT2D eigenvalue weighted by Crippen LogP contribution is -2.36. The molecule has 1 unspecified atom stereocenters. The fourth-order valence-electron chi connectivity index (χ4n) is 2.81. The molecule has 3 rings (SSSR count). The first-order chi connectivity index (χ1) is 14.8. The van der Waals surface area contributed by atoms with Crippen LogP contribution in [0.1, 0.15) is 28.4 Å². The van der Waals surface area contributed by atoms with Crippen molar-refractivity contribution < 1.29 is 18.7 Å². The molecule has 0 heterocycles. The maximum atomic E-state index is 13.2. The minimum absolute atomic E-state index is 0.201. The highest BCUT2D eigenvalue weighted by molar-refractivity contribution is 9.10. The summed E-state index contributed by atoms with van der Waals surface area (Å²) < 4.78 is 19.2. The van der Waals surface area contributed by atoms with E-state index in [1.165, 1.54) is 18.2 Å². The van der Waals surface area contributed by atoms with Gasteiger partial charge >= 0.3 is 0 Å². The first-order valence-corrected chi connectivity index (χ1v) is 10.5. The fraction of sp³-hybridized carbons (Fsp3) is 0.167. The number of ether oxygens (including phenoxy) is 1. The van der Waals surface area contributed by atoms with Gasteiger partial charge in [0.05, 0.1) is 4.47 Å². The summed E-state index contributed by atoms with van der Waals surface area (Å²) in [5.41, 5.74) is 3.11. The van der Waals surface area contributed by atoms with Crippen LogP contribution in [0.3, 0.4) is 0 Å². The van der Waals surface area contributed by atoms with Crippen LogP contribution >= 0.6 is 15.9 Å². The van der Waals surface area contributed by atoms with Crippen molar-refractivity contribution in [3.05, 3.63) is 93.7 Å². The van der Waals surface area contributed by atoms with Crippen LogP contribution in [0.4, 0.5) is 10.1 Å². The standard InChI is InChI=1S/C24H22BrFN2O3/c1-15-6-8-18(9-7-15)24(30)28-20-5-3-4-17(12-20)14-27-23(29)16(2)31-22-11-10-19(26)13-21(22)25/h3-13,16H,14H2,1-2H3,(H,27,29)(H,28,30). The molecule has 160 valence electrons. The molecule has 0 aliphatic heterocycles. The van der Waals surface area contributed by atoms with Crippen molar-refractivity contribution in [2.24, 2.45) is 0 Å². The van der Waals surface area contributed by atoms with Gasteiger partial charge in [-0.15, -0.1) is 0 Å². The van der Waals surface area contributed by atoms with Crippen LogP contribution in [0.25, 0.3) is 0 Å². The number of rotatable bonds is 7. The van der Waals surface area contributed by atoms with E-state index in [1.807, 2.05) is 31.2 Å². The zero-order valence-electron chi connectivity index (χ0n) is 17.1. The highest BCUT2D eigenvalue weighted by Crippen LogP contribution is 2.26. The molecule has 0 aromatic heterocycles. The van der Waals surface area contributed by atoms with Gasteiger partial charge < -0.3 is 15.4 Å². The molecular formula is C24H22BrFN2O3. The number of hydrogen-bond acceptors (Lipinski definition) is 3. The van der Waals surface area contributed by atoms with Crippen molar-refractivity contribution in [1.82, 2.24) is 5.32 Å². The second kappa shape index (κ2) is 10.2. The number of halogens is 2. The number of nitrogens with one attached hydrogen (secondary N) is 2. The number of benzene rings is 3. The second-order valence-electron chi connectivity index (χ2n) is 7.07. The van der Waals surface area contributed by atoms with E-state index in [9.17, 15) is 14.0 Å². The molecule has 2 amide bonds. The molecule has 0 aliphatic rings. The van der Waals surface area contributed by atoms with Crippen molar-refractivity contribution in [3.8, 4) is 5.75 Å². The lowest BCUT2D eigenvalue weighted by molar-refractivity contribution is -0.127. The molecular weight excluding hydrogens is 463 g/mol.